The number of amides is 1. The fourth-order valence-corrected chi connectivity index (χ4v) is 1.45. The first-order chi connectivity index (χ1) is 9.70. The quantitative estimate of drug-likeness (QED) is 0.645. The summed E-state index contributed by atoms with van der Waals surface area (Å²) in [4.78, 5) is 22.9. The van der Waals surface area contributed by atoms with Gasteiger partial charge in [-0.1, -0.05) is 0 Å². The van der Waals surface area contributed by atoms with Gasteiger partial charge in [-0.3, -0.25) is 4.79 Å². The van der Waals surface area contributed by atoms with Gasteiger partial charge >= 0.3 is 12.1 Å². The standard InChI is InChI=1S/C12H11F4NO4/c1-21-11(20)9(5-18)17-10(19)6-2-3-8(13)7(4-6)12(14,15)16/h2-4,9,18H,5H2,1H3,(H,17,19)/t9-/m1/s1. The van der Waals surface area contributed by atoms with E-state index >= 15 is 0 Å². The van der Waals surface area contributed by atoms with Crippen LogP contribution in [0.25, 0.3) is 0 Å². The van der Waals surface area contributed by atoms with E-state index in [1.165, 1.54) is 0 Å². The van der Waals surface area contributed by atoms with Crippen LogP contribution in [-0.4, -0.2) is 36.7 Å². The Morgan fingerprint density at radius 3 is 2.48 bits per heavy atom. The number of carbonyl (C=O) groups excluding carboxylic acids is 2. The van der Waals surface area contributed by atoms with Crippen molar-refractivity contribution >= 4 is 11.9 Å². The second-order valence-corrected chi connectivity index (χ2v) is 3.92. The van der Waals surface area contributed by atoms with Crippen LogP contribution in [0.5, 0.6) is 0 Å². The molecule has 0 aliphatic carbocycles. The topological polar surface area (TPSA) is 75.6 Å². The minimum Gasteiger partial charge on any atom is -0.467 e. The van der Waals surface area contributed by atoms with Gasteiger partial charge in [-0.15, -0.1) is 0 Å². The Morgan fingerprint density at radius 2 is 2.00 bits per heavy atom. The number of carbonyl (C=O) groups is 2. The smallest absolute Gasteiger partial charge is 0.419 e. The van der Waals surface area contributed by atoms with Crippen LogP contribution < -0.4 is 5.32 Å². The number of aliphatic hydroxyl groups is 1. The number of halogens is 4. The summed E-state index contributed by atoms with van der Waals surface area (Å²) in [5.74, 6) is -3.57. The summed E-state index contributed by atoms with van der Waals surface area (Å²) in [6, 6.07) is 0.202. The molecule has 5 nitrogen and oxygen atoms in total. The molecule has 9 heteroatoms. The van der Waals surface area contributed by atoms with Gasteiger partial charge in [0.15, 0.2) is 6.04 Å². The number of ether oxygens (including phenoxy) is 1. The van der Waals surface area contributed by atoms with E-state index in [0.29, 0.717) is 12.1 Å². The summed E-state index contributed by atoms with van der Waals surface area (Å²) in [6.07, 6.45) is -4.96. The first-order valence-corrected chi connectivity index (χ1v) is 5.57. The van der Waals surface area contributed by atoms with Gasteiger partial charge < -0.3 is 15.2 Å². The summed E-state index contributed by atoms with van der Waals surface area (Å²) in [6.45, 7) is -0.800. The number of rotatable bonds is 4. The van der Waals surface area contributed by atoms with E-state index in [1.54, 1.807) is 0 Å². The predicted octanol–water partition coefficient (Wildman–Crippen LogP) is 1.11. The first-order valence-electron chi connectivity index (χ1n) is 5.57. The third-order valence-corrected chi connectivity index (χ3v) is 2.51. The molecule has 0 spiro atoms. The SMILES string of the molecule is COC(=O)[C@@H](CO)NC(=O)c1ccc(F)c(C(F)(F)F)c1. The van der Waals surface area contributed by atoms with Crippen LogP contribution in [0, 0.1) is 5.82 Å². The van der Waals surface area contributed by atoms with Crippen molar-refractivity contribution in [3.05, 3.63) is 35.1 Å². The molecule has 1 rings (SSSR count). The number of hydrogen-bond donors (Lipinski definition) is 2. The average molecular weight is 309 g/mol. The van der Waals surface area contributed by atoms with Gasteiger partial charge in [0, 0.05) is 5.56 Å². The molecule has 116 valence electrons. The minimum absolute atomic E-state index is 0.316. The summed E-state index contributed by atoms with van der Waals surface area (Å²) < 4.78 is 54.9. The van der Waals surface area contributed by atoms with Gasteiger partial charge in [0.05, 0.1) is 19.3 Å². The Bertz CT molecular complexity index is 545. The van der Waals surface area contributed by atoms with Crippen LogP contribution in [0.1, 0.15) is 15.9 Å². The molecule has 0 heterocycles. The van der Waals surface area contributed by atoms with E-state index in [2.05, 4.69) is 4.74 Å². The van der Waals surface area contributed by atoms with Gasteiger partial charge in [-0.25, -0.2) is 9.18 Å². The van der Waals surface area contributed by atoms with Crippen molar-refractivity contribution < 1.29 is 37.0 Å². The minimum atomic E-state index is -4.96. The molecular weight excluding hydrogens is 298 g/mol. The lowest BCUT2D eigenvalue weighted by Gasteiger charge is -2.15. The Balaban J connectivity index is 3.01. The van der Waals surface area contributed by atoms with E-state index in [-0.39, 0.29) is 0 Å². The molecule has 1 amide bonds. The summed E-state index contributed by atoms with van der Waals surface area (Å²) >= 11 is 0. The zero-order valence-corrected chi connectivity index (χ0v) is 10.7. The lowest BCUT2D eigenvalue weighted by atomic mass is 10.1. The third-order valence-electron chi connectivity index (χ3n) is 2.51. The van der Waals surface area contributed by atoms with E-state index in [0.717, 1.165) is 13.2 Å². The highest BCUT2D eigenvalue weighted by molar-refractivity contribution is 5.97. The Kier molecular flexibility index (Phi) is 5.25. The maximum absolute atomic E-state index is 13.1. The number of benzene rings is 1. The zero-order valence-electron chi connectivity index (χ0n) is 10.7. The van der Waals surface area contributed by atoms with Crippen molar-refractivity contribution in [2.24, 2.45) is 0 Å². The van der Waals surface area contributed by atoms with Gasteiger partial charge in [-0.05, 0) is 18.2 Å². The van der Waals surface area contributed by atoms with Gasteiger partial charge in [0.25, 0.3) is 5.91 Å². The highest BCUT2D eigenvalue weighted by Crippen LogP contribution is 2.31. The predicted molar refractivity (Wildman–Crippen MR) is 61.8 cm³/mol. The van der Waals surface area contributed by atoms with Crippen LogP contribution in [0.2, 0.25) is 0 Å². The Morgan fingerprint density at radius 1 is 1.38 bits per heavy atom. The Labute approximate surface area is 116 Å². The number of alkyl halides is 3. The molecule has 0 saturated heterocycles. The van der Waals surface area contributed by atoms with Crippen LogP contribution >= 0.6 is 0 Å². The molecule has 0 aliphatic heterocycles. The maximum Gasteiger partial charge on any atom is 0.419 e. The van der Waals surface area contributed by atoms with Gasteiger partial charge in [-0.2, -0.15) is 13.2 Å². The third kappa shape index (κ3) is 4.15. The molecule has 1 atom stereocenters. The summed E-state index contributed by atoms with van der Waals surface area (Å²) in [5.41, 5.74) is -2.11. The molecule has 0 saturated carbocycles. The number of aliphatic hydroxyl groups excluding tert-OH is 1. The van der Waals surface area contributed by atoms with Gasteiger partial charge in [0.1, 0.15) is 5.82 Å². The van der Waals surface area contributed by atoms with Crippen LogP contribution in [0.3, 0.4) is 0 Å². The van der Waals surface area contributed by atoms with E-state index in [1.807, 2.05) is 5.32 Å². The second kappa shape index (κ2) is 6.53. The first kappa shape index (κ1) is 16.9. The molecule has 0 aromatic heterocycles. The van der Waals surface area contributed by atoms with Crippen LogP contribution in [0.4, 0.5) is 17.6 Å². The summed E-state index contributed by atoms with van der Waals surface area (Å²) in [7, 11) is 1.01. The number of esters is 1. The van der Waals surface area contributed by atoms with E-state index < -0.39 is 47.6 Å². The van der Waals surface area contributed by atoms with Crippen molar-refractivity contribution in [3.8, 4) is 0 Å². The number of nitrogens with one attached hydrogen (secondary N) is 1. The highest BCUT2D eigenvalue weighted by Gasteiger charge is 2.35. The van der Waals surface area contributed by atoms with Crippen molar-refractivity contribution in [1.82, 2.24) is 5.32 Å². The van der Waals surface area contributed by atoms with E-state index in [4.69, 9.17) is 5.11 Å². The number of methoxy groups -OCH3 is 1. The molecule has 1 aromatic rings. The molecule has 0 aliphatic rings. The van der Waals surface area contributed by atoms with Crippen molar-refractivity contribution in [2.45, 2.75) is 12.2 Å². The molecule has 0 unspecified atom stereocenters. The van der Waals surface area contributed by atoms with Crippen molar-refractivity contribution in [1.29, 1.82) is 0 Å². The normalized spacial score (nSPS) is 12.7. The number of hydrogen-bond acceptors (Lipinski definition) is 4. The maximum atomic E-state index is 13.1. The van der Waals surface area contributed by atoms with Crippen LogP contribution in [0.15, 0.2) is 18.2 Å². The summed E-state index contributed by atoms with van der Waals surface area (Å²) in [5, 5.41) is 10.9. The zero-order chi connectivity index (χ0) is 16.2. The fraction of sp³-hybridized carbons (Fsp3) is 0.333. The molecule has 0 radical (unpaired) electrons. The average Bonchev–Trinajstić information content (AvgIpc) is 2.42. The fourth-order valence-electron chi connectivity index (χ4n) is 1.45. The highest BCUT2D eigenvalue weighted by atomic mass is 19.4. The molecule has 0 bridgehead atoms. The van der Waals surface area contributed by atoms with Crippen LogP contribution in [-0.2, 0) is 15.7 Å². The van der Waals surface area contributed by atoms with E-state index in [9.17, 15) is 27.2 Å². The molecule has 0 fully saturated rings. The lowest BCUT2D eigenvalue weighted by molar-refractivity contribution is -0.144. The molecule has 2 N–H and O–H groups in total. The molecular formula is C12H11F4NO4. The molecule has 21 heavy (non-hydrogen) atoms. The van der Waals surface area contributed by atoms with Gasteiger partial charge in [0.2, 0.25) is 0 Å². The Hall–Kier alpha value is -2.16. The van der Waals surface area contributed by atoms with Crippen molar-refractivity contribution in [3.63, 3.8) is 0 Å². The lowest BCUT2D eigenvalue weighted by Crippen LogP contribution is -2.44. The monoisotopic (exact) mass is 309 g/mol. The van der Waals surface area contributed by atoms with Crippen molar-refractivity contribution in [2.75, 3.05) is 13.7 Å². The second-order valence-electron chi connectivity index (χ2n) is 3.92. The largest absolute Gasteiger partial charge is 0.467 e. The molecule has 1 aromatic carbocycles.